The molecule has 17 heavy (non-hydrogen) atoms. The molecule has 1 rings (SSSR count). The molecule has 0 aliphatic carbocycles. The number of likely N-dealkylation sites (N-methyl/N-ethyl adjacent to an activating group) is 1. The fourth-order valence-electron chi connectivity index (χ4n) is 1.17. The average Bonchev–Trinajstić information content (AvgIpc) is 2.19. The minimum absolute atomic E-state index is 0. The zero-order chi connectivity index (χ0) is 12.1. The lowest BCUT2D eigenvalue weighted by Gasteiger charge is -2.18. The number of hydrogen-bond acceptors (Lipinski definition) is 3. The van der Waals surface area contributed by atoms with Crippen LogP contribution in [0.5, 0.6) is 5.75 Å². The summed E-state index contributed by atoms with van der Waals surface area (Å²) < 4.78 is 5.34. The van der Waals surface area contributed by atoms with Crippen LogP contribution in [0.1, 0.15) is 0 Å². The number of aliphatic carboxylic acids is 1. The fraction of sp³-hybridized carbons (Fsp3) is 0.364. The van der Waals surface area contributed by atoms with Gasteiger partial charge in [0, 0.05) is 11.6 Å². The number of hydrogen-bond donors (Lipinski definition) is 1. The smallest absolute Gasteiger partial charge is 0.346 e. The number of benzene rings is 1. The van der Waals surface area contributed by atoms with E-state index >= 15 is 0 Å². The van der Waals surface area contributed by atoms with Crippen LogP contribution in [-0.4, -0.2) is 42.7 Å². The average molecular weight is 280 g/mol. The van der Waals surface area contributed by atoms with Crippen molar-refractivity contribution in [1.29, 1.82) is 0 Å². The molecule has 0 fully saturated rings. The van der Waals surface area contributed by atoms with Crippen molar-refractivity contribution in [2.24, 2.45) is 0 Å². The maximum Gasteiger partial charge on any atom is 0.346 e. The maximum absolute atomic E-state index is 10.9. The van der Waals surface area contributed by atoms with Crippen LogP contribution < -0.4 is 4.74 Å². The Morgan fingerprint density at radius 2 is 1.94 bits per heavy atom. The monoisotopic (exact) mass is 279 g/mol. The Morgan fingerprint density at radius 3 is 2.35 bits per heavy atom. The third-order valence-corrected chi connectivity index (χ3v) is 2.15. The maximum atomic E-state index is 10.9. The van der Waals surface area contributed by atoms with Crippen molar-refractivity contribution in [2.45, 2.75) is 6.10 Å². The molecule has 1 N–H and O–H groups in total. The van der Waals surface area contributed by atoms with Gasteiger partial charge in [-0.15, -0.1) is 12.4 Å². The Labute approximate surface area is 112 Å². The Bertz CT molecular complexity index is 354. The number of carbonyl (C=O) groups is 1. The third kappa shape index (κ3) is 5.77. The number of halogens is 2. The quantitative estimate of drug-likeness (QED) is 0.898. The van der Waals surface area contributed by atoms with Gasteiger partial charge in [0.1, 0.15) is 5.75 Å². The van der Waals surface area contributed by atoms with E-state index in [2.05, 4.69) is 0 Å². The van der Waals surface area contributed by atoms with Crippen LogP contribution >= 0.6 is 24.0 Å². The highest BCUT2D eigenvalue weighted by Crippen LogP contribution is 2.17. The van der Waals surface area contributed by atoms with Gasteiger partial charge in [0.2, 0.25) is 6.10 Å². The molecule has 0 aliphatic rings. The summed E-state index contributed by atoms with van der Waals surface area (Å²) in [6.45, 7) is 0.317. The molecule has 0 saturated carbocycles. The molecular formula is C11H15Cl2NO3. The van der Waals surface area contributed by atoms with Crippen molar-refractivity contribution in [3.8, 4) is 5.75 Å². The molecule has 96 valence electrons. The Kier molecular flexibility index (Phi) is 6.95. The summed E-state index contributed by atoms with van der Waals surface area (Å²) in [6, 6.07) is 6.61. The molecule has 0 saturated heterocycles. The van der Waals surface area contributed by atoms with Gasteiger partial charge in [0.05, 0.1) is 0 Å². The van der Waals surface area contributed by atoms with Gasteiger partial charge in [-0.25, -0.2) is 4.79 Å². The first-order chi connectivity index (χ1) is 7.49. The first-order valence-corrected chi connectivity index (χ1v) is 5.16. The van der Waals surface area contributed by atoms with E-state index in [1.54, 1.807) is 43.3 Å². The van der Waals surface area contributed by atoms with Crippen molar-refractivity contribution < 1.29 is 14.6 Å². The second-order valence-electron chi connectivity index (χ2n) is 3.66. The van der Waals surface area contributed by atoms with Gasteiger partial charge in [-0.1, -0.05) is 11.6 Å². The molecule has 6 heteroatoms. The van der Waals surface area contributed by atoms with Gasteiger partial charge in [0.15, 0.2) is 0 Å². The molecule has 0 bridgehead atoms. The van der Waals surface area contributed by atoms with Crippen LogP contribution in [0.25, 0.3) is 0 Å². The molecule has 0 radical (unpaired) electrons. The van der Waals surface area contributed by atoms with E-state index in [1.807, 2.05) is 0 Å². The Balaban J connectivity index is 0.00000256. The summed E-state index contributed by atoms with van der Waals surface area (Å²) in [7, 11) is 3.59. The second-order valence-corrected chi connectivity index (χ2v) is 4.10. The fourth-order valence-corrected chi connectivity index (χ4v) is 1.30. The molecular weight excluding hydrogens is 265 g/mol. The van der Waals surface area contributed by atoms with E-state index < -0.39 is 12.1 Å². The summed E-state index contributed by atoms with van der Waals surface area (Å²) in [5.74, 6) is -0.484. The summed E-state index contributed by atoms with van der Waals surface area (Å²) in [4.78, 5) is 12.7. The van der Waals surface area contributed by atoms with E-state index in [4.69, 9.17) is 21.4 Å². The van der Waals surface area contributed by atoms with Crippen LogP contribution in [0.4, 0.5) is 0 Å². The first kappa shape index (κ1) is 16.0. The largest absolute Gasteiger partial charge is 0.478 e. The van der Waals surface area contributed by atoms with Crippen LogP contribution in [0.3, 0.4) is 0 Å². The third-order valence-electron chi connectivity index (χ3n) is 1.90. The summed E-state index contributed by atoms with van der Waals surface area (Å²) in [6.07, 6.45) is -0.879. The second kappa shape index (κ2) is 7.37. The van der Waals surface area contributed by atoms with Crippen molar-refractivity contribution in [2.75, 3.05) is 20.6 Å². The molecule has 1 aromatic carbocycles. The molecule has 4 nitrogen and oxygen atoms in total. The number of ether oxygens (including phenoxy) is 1. The predicted molar refractivity (Wildman–Crippen MR) is 69.3 cm³/mol. The van der Waals surface area contributed by atoms with Crippen LogP contribution in [0, 0.1) is 0 Å². The molecule has 0 aromatic heterocycles. The zero-order valence-corrected chi connectivity index (χ0v) is 11.2. The highest BCUT2D eigenvalue weighted by Gasteiger charge is 2.19. The van der Waals surface area contributed by atoms with Crippen LogP contribution in [-0.2, 0) is 4.79 Å². The zero-order valence-electron chi connectivity index (χ0n) is 9.59. The molecule has 1 aromatic rings. The van der Waals surface area contributed by atoms with Gasteiger partial charge >= 0.3 is 5.97 Å². The normalized spacial score (nSPS) is 11.8. The number of nitrogens with zero attached hydrogens (tertiary/aromatic N) is 1. The number of rotatable bonds is 5. The van der Waals surface area contributed by atoms with E-state index in [-0.39, 0.29) is 12.4 Å². The van der Waals surface area contributed by atoms with Crippen molar-refractivity contribution in [1.82, 2.24) is 4.90 Å². The lowest BCUT2D eigenvalue weighted by atomic mass is 10.3. The highest BCUT2D eigenvalue weighted by molar-refractivity contribution is 6.30. The SMILES string of the molecule is CN(C)CC(Oc1ccc(Cl)cc1)C(=O)O.Cl. The highest BCUT2D eigenvalue weighted by atomic mass is 35.5. The molecule has 0 spiro atoms. The van der Waals surface area contributed by atoms with Crippen molar-refractivity contribution >= 4 is 30.0 Å². The summed E-state index contributed by atoms with van der Waals surface area (Å²) >= 11 is 5.71. The molecule has 1 unspecified atom stereocenters. The Hall–Kier alpha value is -0.970. The lowest BCUT2D eigenvalue weighted by molar-refractivity contribution is -0.145. The standard InChI is InChI=1S/C11H14ClNO3.ClH/c1-13(2)7-10(11(14)15)16-9-5-3-8(12)4-6-9;/h3-6,10H,7H2,1-2H3,(H,14,15);1H. The van der Waals surface area contributed by atoms with E-state index in [1.165, 1.54) is 0 Å². The Morgan fingerprint density at radius 1 is 1.41 bits per heavy atom. The van der Waals surface area contributed by atoms with Gasteiger partial charge in [0.25, 0.3) is 0 Å². The van der Waals surface area contributed by atoms with E-state index in [0.29, 0.717) is 17.3 Å². The predicted octanol–water partition coefficient (Wildman–Crippen LogP) is 2.16. The minimum Gasteiger partial charge on any atom is -0.478 e. The van der Waals surface area contributed by atoms with Crippen LogP contribution in [0.15, 0.2) is 24.3 Å². The first-order valence-electron chi connectivity index (χ1n) is 4.79. The minimum atomic E-state index is -0.983. The van der Waals surface area contributed by atoms with Gasteiger partial charge in [-0.05, 0) is 38.4 Å². The summed E-state index contributed by atoms with van der Waals surface area (Å²) in [5.41, 5.74) is 0. The van der Waals surface area contributed by atoms with Gasteiger partial charge in [-0.2, -0.15) is 0 Å². The van der Waals surface area contributed by atoms with Gasteiger partial charge < -0.3 is 14.7 Å². The summed E-state index contributed by atoms with van der Waals surface area (Å²) in [5, 5.41) is 9.55. The molecule has 0 heterocycles. The van der Waals surface area contributed by atoms with Crippen LogP contribution in [0.2, 0.25) is 5.02 Å². The van der Waals surface area contributed by atoms with Crippen molar-refractivity contribution in [3.05, 3.63) is 29.3 Å². The number of carboxylic acids is 1. The lowest BCUT2D eigenvalue weighted by Crippen LogP contribution is -2.37. The topological polar surface area (TPSA) is 49.8 Å². The van der Waals surface area contributed by atoms with Crippen molar-refractivity contribution in [3.63, 3.8) is 0 Å². The molecule has 0 amide bonds. The molecule has 0 aliphatic heterocycles. The van der Waals surface area contributed by atoms with E-state index in [0.717, 1.165) is 0 Å². The number of carboxylic acid groups (broad SMARTS) is 1. The van der Waals surface area contributed by atoms with Gasteiger partial charge in [-0.3, -0.25) is 0 Å². The van der Waals surface area contributed by atoms with E-state index in [9.17, 15) is 4.79 Å². The molecule has 1 atom stereocenters.